The van der Waals surface area contributed by atoms with Gasteiger partial charge in [-0.05, 0) is 55.3 Å². The minimum absolute atomic E-state index is 0.770. The maximum Gasteiger partial charge on any atom is 0.168 e. The normalized spacial score (nSPS) is 14.5. The third-order valence-electron chi connectivity index (χ3n) is 5.55. The monoisotopic (exact) mass is 418 g/mol. The summed E-state index contributed by atoms with van der Waals surface area (Å²) in [5.41, 5.74) is 5.44. The average Bonchev–Trinajstić information content (AvgIpc) is 3.17. The van der Waals surface area contributed by atoms with E-state index in [0.29, 0.717) is 0 Å². The van der Waals surface area contributed by atoms with Crippen molar-refractivity contribution in [2.45, 2.75) is 13.8 Å². The summed E-state index contributed by atoms with van der Waals surface area (Å²) in [7, 11) is 0. The van der Waals surface area contributed by atoms with E-state index >= 15 is 0 Å². The highest BCUT2D eigenvalue weighted by Gasteiger charge is 2.22. The smallest absolute Gasteiger partial charge is 0.168 e. The van der Waals surface area contributed by atoms with E-state index in [4.69, 9.17) is 11.6 Å². The second-order valence-corrected chi connectivity index (χ2v) is 8.23. The van der Waals surface area contributed by atoms with Gasteiger partial charge >= 0.3 is 0 Å². The first-order valence-corrected chi connectivity index (χ1v) is 10.5. The Labute approximate surface area is 180 Å². The highest BCUT2D eigenvalue weighted by Crippen LogP contribution is 2.27. The summed E-state index contributed by atoms with van der Waals surface area (Å²) in [5.74, 6) is 0.946. The lowest BCUT2D eigenvalue weighted by atomic mass is 10.1. The van der Waals surface area contributed by atoms with E-state index in [1.54, 1.807) is 6.33 Å². The van der Waals surface area contributed by atoms with E-state index in [1.165, 1.54) is 11.1 Å². The zero-order chi connectivity index (χ0) is 20.7. The highest BCUT2D eigenvalue weighted by molar-refractivity contribution is 6.30. The minimum Gasteiger partial charge on any atom is -0.368 e. The number of nitrogens with zero attached hydrogens (tertiary/aromatic N) is 6. The largest absolute Gasteiger partial charge is 0.368 e. The van der Waals surface area contributed by atoms with E-state index in [1.807, 2.05) is 29.1 Å². The fourth-order valence-electron chi connectivity index (χ4n) is 4.19. The quantitative estimate of drug-likeness (QED) is 0.493. The van der Waals surface area contributed by atoms with Gasteiger partial charge in [0.2, 0.25) is 0 Å². The Bertz CT molecular complexity index is 1190. The van der Waals surface area contributed by atoms with Crippen LogP contribution >= 0.6 is 11.6 Å². The van der Waals surface area contributed by atoms with Crippen LogP contribution in [-0.4, -0.2) is 45.9 Å². The van der Waals surface area contributed by atoms with E-state index in [-0.39, 0.29) is 0 Å². The molecular formula is C23H23ClN6. The summed E-state index contributed by atoms with van der Waals surface area (Å²) in [4.78, 5) is 13.8. The van der Waals surface area contributed by atoms with Crippen LogP contribution in [0.15, 0.2) is 55.0 Å². The zero-order valence-electron chi connectivity index (χ0n) is 17.1. The molecule has 3 heterocycles. The number of aryl methyl sites for hydroxylation is 2. The van der Waals surface area contributed by atoms with Gasteiger partial charge in [-0.1, -0.05) is 23.7 Å². The molecule has 0 spiro atoms. The molecule has 0 N–H and O–H groups in total. The SMILES string of the molecule is Cc1cc(C)cc(-n2ncc3c(N4CCN(c5cccc(Cl)c5)CC4)ncnc32)c1. The van der Waals surface area contributed by atoms with Crippen LogP contribution in [0, 0.1) is 13.8 Å². The fraction of sp³-hybridized carbons (Fsp3) is 0.261. The van der Waals surface area contributed by atoms with Gasteiger partial charge in [0.05, 0.1) is 17.3 Å². The molecule has 0 saturated carbocycles. The predicted molar refractivity (Wildman–Crippen MR) is 122 cm³/mol. The first kappa shape index (κ1) is 18.9. The first-order valence-electron chi connectivity index (χ1n) is 10.1. The molecule has 30 heavy (non-hydrogen) atoms. The average molecular weight is 419 g/mol. The molecule has 2 aromatic carbocycles. The lowest BCUT2D eigenvalue weighted by Crippen LogP contribution is -2.46. The maximum absolute atomic E-state index is 6.16. The number of rotatable bonds is 3. The molecule has 6 nitrogen and oxygen atoms in total. The Kier molecular flexibility index (Phi) is 4.79. The van der Waals surface area contributed by atoms with Crippen LogP contribution in [0.5, 0.6) is 0 Å². The predicted octanol–water partition coefficient (Wildman–Crippen LogP) is 4.41. The molecule has 0 aliphatic carbocycles. The summed E-state index contributed by atoms with van der Waals surface area (Å²) in [6.45, 7) is 7.79. The Morgan fingerprint density at radius 3 is 2.30 bits per heavy atom. The third kappa shape index (κ3) is 3.48. The van der Waals surface area contributed by atoms with Crippen molar-refractivity contribution >= 4 is 34.1 Å². The van der Waals surface area contributed by atoms with Crippen molar-refractivity contribution in [1.29, 1.82) is 0 Å². The topological polar surface area (TPSA) is 50.1 Å². The molecule has 2 aromatic heterocycles. The van der Waals surface area contributed by atoms with Crippen LogP contribution in [0.3, 0.4) is 0 Å². The second kappa shape index (κ2) is 7.61. The van der Waals surface area contributed by atoms with Crippen molar-refractivity contribution in [3.8, 4) is 5.69 Å². The summed E-state index contributed by atoms with van der Waals surface area (Å²) >= 11 is 6.16. The molecule has 0 atom stereocenters. The minimum atomic E-state index is 0.770. The molecular weight excluding hydrogens is 396 g/mol. The molecule has 0 radical (unpaired) electrons. The molecule has 1 aliphatic heterocycles. The van der Waals surface area contributed by atoms with Crippen LogP contribution in [0.4, 0.5) is 11.5 Å². The Morgan fingerprint density at radius 2 is 1.57 bits per heavy atom. The van der Waals surface area contributed by atoms with Gasteiger partial charge in [0.15, 0.2) is 5.65 Å². The van der Waals surface area contributed by atoms with Crippen LogP contribution in [0.2, 0.25) is 5.02 Å². The highest BCUT2D eigenvalue weighted by atomic mass is 35.5. The van der Waals surface area contributed by atoms with Gasteiger partial charge in [-0.25, -0.2) is 14.6 Å². The molecule has 0 bridgehead atoms. The number of anilines is 2. The number of piperazine rings is 1. The van der Waals surface area contributed by atoms with Gasteiger partial charge in [-0.15, -0.1) is 0 Å². The Balaban J connectivity index is 1.43. The molecule has 0 unspecified atom stereocenters. The van der Waals surface area contributed by atoms with E-state index < -0.39 is 0 Å². The van der Waals surface area contributed by atoms with Gasteiger partial charge in [0.25, 0.3) is 0 Å². The van der Waals surface area contributed by atoms with Gasteiger partial charge in [-0.2, -0.15) is 5.10 Å². The molecule has 4 aromatic rings. The van der Waals surface area contributed by atoms with Gasteiger partial charge in [0.1, 0.15) is 12.1 Å². The van der Waals surface area contributed by atoms with Crippen molar-refractivity contribution in [2.75, 3.05) is 36.0 Å². The Hall–Kier alpha value is -3.12. The van der Waals surface area contributed by atoms with Crippen molar-refractivity contribution in [2.24, 2.45) is 0 Å². The maximum atomic E-state index is 6.16. The summed E-state index contributed by atoms with van der Waals surface area (Å²) in [6.07, 6.45) is 3.52. The molecule has 1 aliphatic rings. The van der Waals surface area contributed by atoms with Crippen molar-refractivity contribution in [3.05, 3.63) is 71.1 Å². The number of fused-ring (bicyclic) bond motifs is 1. The number of hydrogen-bond donors (Lipinski definition) is 0. The Morgan fingerprint density at radius 1 is 0.833 bits per heavy atom. The van der Waals surface area contributed by atoms with Crippen molar-refractivity contribution in [3.63, 3.8) is 0 Å². The summed E-state index contributed by atoms with van der Waals surface area (Å²) in [5, 5.41) is 6.39. The molecule has 7 heteroatoms. The van der Waals surface area contributed by atoms with Crippen LogP contribution < -0.4 is 9.80 Å². The van der Waals surface area contributed by atoms with Gasteiger partial charge < -0.3 is 9.80 Å². The van der Waals surface area contributed by atoms with Gasteiger partial charge in [0, 0.05) is 36.9 Å². The van der Waals surface area contributed by atoms with Crippen molar-refractivity contribution < 1.29 is 0 Å². The first-order chi connectivity index (χ1) is 14.6. The number of aromatic nitrogens is 4. The molecule has 1 saturated heterocycles. The molecule has 5 rings (SSSR count). The number of halogens is 1. The third-order valence-corrected chi connectivity index (χ3v) is 5.78. The summed E-state index contributed by atoms with van der Waals surface area (Å²) < 4.78 is 1.91. The molecule has 0 amide bonds. The van der Waals surface area contributed by atoms with E-state index in [9.17, 15) is 0 Å². The van der Waals surface area contributed by atoms with Crippen LogP contribution in [0.1, 0.15) is 11.1 Å². The standard InChI is InChI=1S/C23H23ClN6/c1-16-10-17(2)12-20(11-16)30-23-21(14-27-30)22(25-15-26-23)29-8-6-28(7-9-29)19-5-3-4-18(24)13-19/h3-5,10-15H,6-9H2,1-2H3. The fourth-order valence-corrected chi connectivity index (χ4v) is 4.38. The molecule has 1 fully saturated rings. The summed E-state index contributed by atoms with van der Waals surface area (Å²) in [6, 6.07) is 14.5. The zero-order valence-corrected chi connectivity index (χ0v) is 17.8. The van der Waals surface area contributed by atoms with Crippen LogP contribution in [0.25, 0.3) is 16.7 Å². The van der Waals surface area contributed by atoms with E-state index in [2.05, 4.69) is 63.0 Å². The number of hydrogen-bond acceptors (Lipinski definition) is 5. The van der Waals surface area contributed by atoms with Crippen molar-refractivity contribution in [1.82, 2.24) is 19.7 Å². The lowest BCUT2D eigenvalue weighted by molar-refractivity contribution is 0.649. The molecule has 152 valence electrons. The number of benzene rings is 2. The van der Waals surface area contributed by atoms with Gasteiger partial charge in [-0.3, -0.25) is 0 Å². The second-order valence-electron chi connectivity index (χ2n) is 7.79. The van der Waals surface area contributed by atoms with Crippen LogP contribution in [-0.2, 0) is 0 Å². The lowest BCUT2D eigenvalue weighted by Gasteiger charge is -2.36. The van der Waals surface area contributed by atoms with E-state index in [0.717, 1.165) is 59.4 Å².